The standard InChI is InChI=1S/C22H20N2O3/c1-3-24(4-2)19-9-7-16(8-10-19)21-13-17-6-5-15(12-20(17)27-21)11-18(14-23)22(25)26/h5-13H,3-4H2,1-2H3,(H,25,26). The molecule has 3 aromatic rings. The van der Waals surface area contributed by atoms with Crippen LogP contribution in [0.5, 0.6) is 0 Å². The Bertz CT molecular complexity index is 1040. The zero-order valence-electron chi connectivity index (χ0n) is 15.3. The Balaban J connectivity index is 1.93. The number of rotatable bonds is 6. The number of carboxylic acids is 1. The number of nitrogens with zero attached hydrogens (tertiary/aromatic N) is 2. The molecule has 3 rings (SSSR count). The van der Waals surface area contributed by atoms with E-state index in [1.54, 1.807) is 18.2 Å². The number of fused-ring (bicyclic) bond motifs is 1. The molecule has 136 valence electrons. The van der Waals surface area contributed by atoms with Crippen molar-refractivity contribution in [1.82, 2.24) is 0 Å². The van der Waals surface area contributed by atoms with Crippen LogP contribution in [-0.4, -0.2) is 24.2 Å². The van der Waals surface area contributed by atoms with Crippen molar-refractivity contribution in [3.8, 4) is 17.4 Å². The van der Waals surface area contributed by atoms with Crippen molar-refractivity contribution in [3.05, 3.63) is 59.7 Å². The minimum atomic E-state index is -1.24. The van der Waals surface area contributed by atoms with Crippen LogP contribution < -0.4 is 4.90 Å². The van der Waals surface area contributed by atoms with E-state index in [2.05, 4.69) is 30.9 Å². The van der Waals surface area contributed by atoms with Gasteiger partial charge in [0.15, 0.2) is 0 Å². The van der Waals surface area contributed by atoms with Crippen molar-refractivity contribution < 1.29 is 14.3 Å². The number of carbonyl (C=O) groups is 1. The largest absolute Gasteiger partial charge is 0.477 e. The highest BCUT2D eigenvalue weighted by molar-refractivity contribution is 5.97. The summed E-state index contributed by atoms with van der Waals surface area (Å²) < 4.78 is 5.95. The normalized spacial score (nSPS) is 11.4. The van der Waals surface area contributed by atoms with E-state index in [9.17, 15) is 4.79 Å². The minimum absolute atomic E-state index is 0.312. The van der Waals surface area contributed by atoms with Crippen LogP contribution in [0.1, 0.15) is 19.4 Å². The van der Waals surface area contributed by atoms with Crippen LogP contribution in [0, 0.1) is 11.3 Å². The lowest BCUT2D eigenvalue weighted by atomic mass is 10.1. The topological polar surface area (TPSA) is 77.5 Å². The van der Waals surface area contributed by atoms with E-state index in [1.165, 1.54) is 11.8 Å². The molecule has 27 heavy (non-hydrogen) atoms. The Morgan fingerprint density at radius 2 is 1.85 bits per heavy atom. The molecule has 0 aliphatic rings. The van der Waals surface area contributed by atoms with Crippen LogP contribution in [0.3, 0.4) is 0 Å². The highest BCUT2D eigenvalue weighted by Crippen LogP contribution is 2.30. The summed E-state index contributed by atoms with van der Waals surface area (Å²) in [6.45, 7) is 6.17. The van der Waals surface area contributed by atoms with E-state index in [1.807, 2.05) is 24.3 Å². The summed E-state index contributed by atoms with van der Waals surface area (Å²) in [6.07, 6.45) is 1.34. The summed E-state index contributed by atoms with van der Waals surface area (Å²) in [4.78, 5) is 13.3. The zero-order chi connectivity index (χ0) is 19.4. The molecule has 0 saturated carbocycles. The third-order valence-electron chi connectivity index (χ3n) is 4.49. The zero-order valence-corrected chi connectivity index (χ0v) is 15.3. The monoisotopic (exact) mass is 360 g/mol. The fraction of sp³-hybridized carbons (Fsp3) is 0.182. The Labute approximate surface area is 157 Å². The average molecular weight is 360 g/mol. The summed E-state index contributed by atoms with van der Waals surface area (Å²) in [5.41, 5.74) is 3.09. The van der Waals surface area contributed by atoms with Gasteiger partial charge in [-0.25, -0.2) is 4.79 Å². The van der Waals surface area contributed by atoms with E-state index in [-0.39, 0.29) is 5.57 Å². The molecule has 1 N–H and O–H groups in total. The second-order valence-corrected chi connectivity index (χ2v) is 6.10. The SMILES string of the molecule is CCN(CC)c1ccc(-c2cc3ccc(C=C(C#N)C(=O)O)cc3o2)cc1. The molecule has 1 heterocycles. The first-order chi connectivity index (χ1) is 13.0. The highest BCUT2D eigenvalue weighted by Gasteiger charge is 2.10. The molecule has 2 aromatic carbocycles. The summed E-state index contributed by atoms with van der Waals surface area (Å²) in [7, 11) is 0. The summed E-state index contributed by atoms with van der Waals surface area (Å²) in [5, 5.41) is 18.8. The van der Waals surface area contributed by atoms with Crippen molar-refractivity contribution >= 4 is 28.7 Å². The fourth-order valence-electron chi connectivity index (χ4n) is 3.01. The highest BCUT2D eigenvalue weighted by atomic mass is 16.4. The smallest absolute Gasteiger partial charge is 0.346 e. The maximum atomic E-state index is 11.0. The first-order valence-corrected chi connectivity index (χ1v) is 8.79. The van der Waals surface area contributed by atoms with Gasteiger partial charge in [0.1, 0.15) is 23.0 Å². The van der Waals surface area contributed by atoms with E-state index in [4.69, 9.17) is 14.8 Å². The number of nitriles is 1. The lowest BCUT2D eigenvalue weighted by Gasteiger charge is -2.20. The number of carboxylic acid groups (broad SMARTS) is 1. The first kappa shape index (κ1) is 18.3. The van der Waals surface area contributed by atoms with Gasteiger partial charge in [-0.1, -0.05) is 12.1 Å². The molecule has 5 heteroatoms. The molecule has 0 radical (unpaired) electrons. The van der Waals surface area contributed by atoms with Crippen molar-refractivity contribution in [3.63, 3.8) is 0 Å². The van der Waals surface area contributed by atoms with Crippen LogP contribution in [0.4, 0.5) is 5.69 Å². The van der Waals surface area contributed by atoms with Crippen molar-refractivity contribution in [1.29, 1.82) is 5.26 Å². The van der Waals surface area contributed by atoms with Gasteiger partial charge in [-0.15, -0.1) is 0 Å². The maximum Gasteiger partial charge on any atom is 0.346 e. The van der Waals surface area contributed by atoms with Crippen LogP contribution in [0.15, 0.2) is 58.5 Å². The molecular formula is C22H20N2O3. The number of anilines is 1. The van der Waals surface area contributed by atoms with Crippen LogP contribution >= 0.6 is 0 Å². The molecule has 0 bridgehead atoms. The molecule has 0 aliphatic heterocycles. The van der Waals surface area contributed by atoms with E-state index in [0.29, 0.717) is 11.1 Å². The number of benzene rings is 2. The lowest BCUT2D eigenvalue weighted by molar-refractivity contribution is -0.132. The maximum absolute atomic E-state index is 11.0. The molecule has 0 atom stereocenters. The van der Waals surface area contributed by atoms with E-state index >= 15 is 0 Å². The van der Waals surface area contributed by atoms with Gasteiger partial charge in [-0.05, 0) is 61.9 Å². The van der Waals surface area contributed by atoms with Gasteiger partial charge in [0, 0.05) is 29.7 Å². The number of aliphatic carboxylic acids is 1. The van der Waals surface area contributed by atoms with Gasteiger partial charge in [0.05, 0.1) is 0 Å². The van der Waals surface area contributed by atoms with Gasteiger partial charge in [0.25, 0.3) is 0 Å². The Hall–Kier alpha value is -3.52. The molecule has 0 saturated heterocycles. The summed E-state index contributed by atoms with van der Waals surface area (Å²) in [5.74, 6) is -0.498. The molecule has 0 fully saturated rings. The predicted octanol–water partition coefficient (Wildman–Crippen LogP) is 4.94. The quantitative estimate of drug-likeness (QED) is 0.498. The summed E-state index contributed by atoms with van der Waals surface area (Å²) in [6, 6.07) is 17.2. The van der Waals surface area contributed by atoms with Crippen LogP contribution in [0.25, 0.3) is 28.4 Å². The molecule has 0 aliphatic carbocycles. The lowest BCUT2D eigenvalue weighted by Crippen LogP contribution is -2.21. The first-order valence-electron chi connectivity index (χ1n) is 8.79. The van der Waals surface area contributed by atoms with Crippen LogP contribution in [0.2, 0.25) is 0 Å². The molecule has 0 unspecified atom stereocenters. The van der Waals surface area contributed by atoms with Gasteiger partial charge in [-0.3, -0.25) is 0 Å². The van der Waals surface area contributed by atoms with Crippen molar-refractivity contribution in [2.24, 2.45) is 0 Å². The van der Waals surface area contributed by atoms with Gasteiger partial charge < -0.3 is 14.4 Å². The second kappa shape index (κ2) is 7.79. The Morgan fingerprint density at radius 1 is 1.15 bits per heavy atom. The van der Waals surface area contributed by atoms with E-state index in [0.717, 1.165) is 29.8 Å². The van der Waals surface area contributed by atoms with Gasteiger partial charge in [0.2, 0.25) is 0 Å². The van der Waals surface area contributed by atoms with Crippen molar-refractivity contribution in [2.45, 2.75) is 13.8 Å². The second-order valence-electron chi connectivity index (χ2n) is 6.10. The van der Waals surface area contributed by atoms with Crippen LogP contribution in [-0.2, 0) is 4.79 Å². The van der Waals surface area contributed by atoms with Crippen molar-refractivity contribution in [2.75, 3.05) is 18.0 Å². The minimum Gasteiger partial charge on any atom is -0.477 e. The average Bonchev–Trinajstić information content (AvgIpc) is 3.10. The molecule has 1 aromatic heterocycles. The Kier molecular flexibility index (Phi) is 5.28. The molecule has 0 amide bonds. The fourth-order valence-corrected chi connectivity index (χ4v) is 3.01. The van der Waals surface area contributed by atoms with E-state index < -0.39 is 5.97 Å². The number of hydrogen-bond acceptors (Lipinski definition) is 4. The third kappa shape index (κ3) is 3.85. The molecule has 5 nitrogen and oxygen atoms in total. The molecular weight excluding hydrogens is 340 g/mol. The number of furan rings is 1. The van der Waals surface area contributed by atoms with Gasteiger partial charge in [-0.2, -0.15) is 5.26 Å². The predicted molar refractivity (Wildman–Crippen MR) is 106 cm³/mol. The molecule has 0 spiro atoms. The third-order valence-corrected chi connectivity index (χ3v) is 4.49. The summed E-state index contributed by atoms with van der Waals surface area (Å²) >= 11 is 0. The van der Waals surface area contributed by atoms with Gasteiger partial charge >= 0.3 is 5.97 Å². The Morgan fingerprint density at radius 3 is 2.44 bits per heavy atom. The number of hydrogen-bond donors (Lipinski definition) is 1.